The fraction of sp³-hybridized carbons (Fsp3) is 0.136. The number of esters is 1. The van der Waals surface area contributed by atoms with Crippen molar-refractivity contribution in [1.82, 2.24) is 0 Å². The molecule has 0 aromatic heterocycles. The van der Waals surface area contributed by atoms with E-state index in [-0.39, 0.29) is 11.9 Å². The van der Waals surface area contributed by atoms with Gasteiger partial charge in [0.1, 0.15) is 6.61 Å². The first-order chi connectivity index (χ1) is 11.7. The lowest BCUT2D eigenvalue weighted by Gasteiger charge is -2.14. The molecule has 0 fully saturated rings. The molecule has 0 aliphatic heterocycles. The van der Waals surface area contributed by atoms with Crippen LogP contribution in [0, 0.1) is 6.92 Å². The average Bonchev–Trinajstić information content (AvgIpc) is 2.94. The molecule has 0 unspecified atom stereocenters. The standard InChI is InChI=1S/C22H18O2/c1-15-10-12-16(13-11-15)22(23)24-14-21-19-8-4-2-6-17(19)18-7-3-5-9-20(18)21/h2-13,21H,14H2,1H3. The lowest BCUT2D eigenvalue weighted by molar-refractivity contribution is 0.0493. The summed E-state index contributed by atoms with van der Waals surface area (Å²) in [5.74, 6) is -0.163. The van der Waals surface area contributed by atoms with Crippen molar-refractivity contribution in [2.75, 3.05) is 6.61 Å². The second kappa shape index (κ2) is 5.97. The SMILES string of the molecule is Cc1ccc(C(=O)OCC2c3ccccc3-c3ccccc32)cc1. The largest absolute Gasteiger partial charge is 0.461 e. The van der Waals surface area contributed by atoms with Crippen molar-refractivity contribution in [1.29, 1.82) is 0 Å². The van der Waals surface area contributed by atoms with Crippen molar-refractivity contribution >= 4 is 5.97 Å². The van der Waals surface area contributed by atoms with Gasteiger partial charge < -0.3 is 4.74 Å². The number of aryl methyl sites for hydroxylation is 1. The molecule has 2 heteroatoms. The zero-order valence-corrected chi connectivity index (χ0v) is 13.5. The van der Waals surface area contributed by atoms with Crippen molar-refractivity contribution in [3.8, 4) is 11.1 Å². The molecule has 0 atom stereocenters. The van der Waals surface area contributed by atoms with E-state index >= 15 is 0 Å². The molecular formula is C22H18O2. The van der Waals surface area contributed by atoms with Crippen LogP contribution < -0.4 is 0 Å². The van der Waals surface area contributed by atoms with Gasteiger partial charge in [0.2, 0.25) is 0 Å². The molecule has 1 aliphatic rings. The highest BCUT2D eigenvalue weighted by Crippen LogP contribution is 2.44. The third-order valence-corrected chi connectivity index (χ3v) is 4.63. The second-order valence-electron chi connectivity index (χ2n) is 6.19. The number of carbonyl (C=O) groups excluding carboxylic acids is 1. The van der Waals surface area contributed by atoms with Crippen LogP contribution in [0.25, 0.3) is 11.1 Å². The molecule has 118 valence electrons. The molecule has 2 nitrogen and oxygen atoms in total. The van der Waals surface area contributed by atoms with Gasteiger partial charge in [-0.05, 0) is 41.3 Å². The topological polar surface area (TPSA) is 26.3 Å². The predicted molar refractivity (Wildman–Crippen MR) is 95.2 cm³/mol. The van der Waals surface area contributed by atoms with Crippen molar-refractivity contribution in [3.05, 3.63) is 95.1 Å². The first-order valence-electron chi connectivity index (χ1n) is 8.16. The van der Waals surface area contributed by atoms with Gasteiger partial charge in [-0.15, -0.1) is 0 Å². The van der Waals surface area contributed by atoms with E-state index in [1.54, 1.807) is 0 Å². The van der Waals surface area contributed by atoms with Crippen LogP contribution in [0.3, 0.4) is 0 Å². The molecule has 0 saturated carbocycles. The molecule has 0 bridgehead atoms. The second-order valence-corrected chi connectivity index (χ2v) is 6.19. The van der Waals surface area contributed by atoms with Crippen LogP contribution in [0.5, 0.6) is 0 Å². The first-order valence-corrected chi connectivity index (χ1v) is 8.16. The van der Waals surface area contributed by atoms with Crippen LogP contribution >= 0.6 is 0 Å². The van der Waals surface area contributed by atoms with E-state index in [1.807, 2.05) is 43.3 Å². The van der Waals surface area contributed by atoms with E-state index in [9.17, 15) is 4.79 Å². The molecule has 1 aliphatic carbocycles. The summed E-state index contributed by atoms with van der Waals surface area (Å²) in [6.45, 7) is 2.36. The van der Waals surface area contributed by atoms with Crippen LogP contribution in [0.1, 0.15) is 33.0 Å². The zero-order chi connectivity index (χ0) is 16.5. The molecule has 4 rings (SSSR count). The summed E-state index contributed by atoms with van der Waals surface area (Å²) in [5.41, 5.74) is 6.67. The quantitative estimate of drug-likeness (QED) is 0.638. The number of fused-ring (bicyclic) bond motifs is 3. The smallest absolute Gasteiger partial charge is 0.338 e. The lowest BCUT2D eigenvalue weighted by Crippen LogP contribution is -2.12. The summed E-state index contributed by atoms with van der Waals surface area (Å²) in [6, 6.07) is 24.2. The third kappa shape index (κ3) is 2.50. The van der Waals surface area contributed by atoms with E-state index in [0.29, 0.717) is 12.2 Å². The molecular weight excluding hydrogens is 296 g/mol. The Kier molecular flexibility index (Phi) is 3.66. The minimum Gasteiger partial charge on any atom is -0.461 e. The summed E-state index contributed by atoms with van der Waals surface area (Å²) in [6.07, 6.45) is 0. The molecule has 0 saturated heterocycles. The molecule has 3 aromatic carbocycles. The van der Waals surface area contributed by atoms with E-state index in [1.165, 1.54) is 22.3 Å². The summed E-state index contributed by atoms with van der Waals surface area (Å²) >= 11 is 0. The number of ether oxygens (including phenoxy) is 1. The zero-order valence-electron chi connectivity index (χ0n) is 13.5. The van der Waals surface area contributed by atoms with Gasteiger partial charge in [-0.1, -0.05) is 66.2 Å². The Bertz CT molecular complexity index is 848. The number of hydrogen-bond acceptors (Lipinski definition) is 2. The van der Waals surface area contributed by atoms with Crippen LogP contribution in [0.4, 0.5) is 0 Å². The van der Waals surface area contributed by atoms with E-state index < -0.39 is 0 Å². The Balaban J connectivity index is 1.58. The third-order valence-electron chi connectivity index (χ3n) is 4.63. The maximum Gasteiger partial charge on any atom is 0.338 e. The Morgan fingerprint density at radius 1 is 0.833 bits per heavy atom. The van der Waals surface area contributed by atoms with Crippen LogP contribution in [-0.2, 0) is 4.74 Å². The Morgan fingerprint density at radius 2 is 1.38 bits per heavy atom. The highest BCUT2D eigenvalue weighted by atomic mass is 16.5. The summed E-state index contributed by atoms with van der Waals surface area (Å²) in [4.78, 5) is 12.3. The Labute approximate surface area is 141 Å². The molecule has 0 N–H and O–H groups in total. The van der Waals surface area contributed by atoms with Crippen LogP contribution in [-0.4, -0.2) is 12.6 Å². The summed E-state index contributed by atoms with van der Waals surface area (Å²) in [5, 5.41) is 0. The highest BCUT2D eigenvalue weighted by Gasteiger charge is 2.29. The number of carbonyl (C=O) groups is 1. The van der Waals surface area contributed by atoms with Crippen molar-refractivity contribution in [2.24, 2.45) is 0 Å². The highest BCUT2D eigenvalue weighted by molar-refractivity contribution is 5.89. The van der Waals surface area contributed by atoms with Gasteiger partial charge in [-0.25, -0.2) is 4.79 Å². The van der Waals surface area contributed by atoms with Crippen molar-refractivity contribution in [3.63, 3.8) is 0 Å². The van der Waals surface area contributed by atoms with Gasteiger partial charge in [0, 0.05) is 5.92 Å². The Hall–Kier alpha value is -2.87. The van der Waals surface area contributed by atoms with Gasteiger partial charge in [-0.2, -0.15) is 0 Å². The minimum absolute atomic E-state index is 0.104. The summed E-state index contributed by atoms with van der Waals surface area (Å²) < 4.78 is 5.63. The molecule has 0 heterocycles. The molecule has 0 spiro atoms. The lowest BCUT2D eigenvalue weighted by atomic mass is 9.98. The first kappa shape index (κ1) is 14.7. The summed E-state index contributed by atoms with van der Waals surface area (Å²) in [7, 11) is 0. The molecule has 3 aromatic rings. The number of rotatable bonds is 3. The fourth-order valence-corrected chi connectivity index (χ4v) is 3.37. The maximum absolute atomic E-state index is 12.3. The predicted octanol–water partition coefficient (Wildman–Crippen LogP) is 4.96. The van der Waals surface area contributed by atoms with Gasteiger partial charge >= 0.3 is 5.97 Å². The van der Waals surface area contributed by atoms with Gasteiger partial charge in [0.05, 0.1) is 5.56 Å². The molecule has 0 radical (unpaired) electrons. The van der Waals surface area contributed by atoms with Crippen LogP contribution in [0.2, 0.25) is 0 Å². The minimum atomic E-state index is -0.267. The fourth-order valence-electron chi connectivity index (χ4n) is 3.37. The van der Waals surface area contributed by atoms with Crippen LogP contribution in [0.15, 0.2) is 72.8 Å². The maximum atomic E-state index is 12.3. The normalized spacial score (nSPS) is 12.5. The number of hydrogen-bond donors (Lipinski definition) is 0. The average molecular weight is 314 g/mol. The van der Waals surface area contributed by atoms with Gasteiger partial charge in [0.15, 0.2) is 0 Å². The monoisotopic (exact) mass is 314 g/mol. The van der Waals surface area contributed by atoms with Gasteiger partial charge in [0.25, 0.3) is 0 Å². The van der Waals surface area contributed by atoms with E-state index in [4.69, 9.17) is 4.74 Å². The van der Waals surface area contributed by atoms with E-state index in [0.717, 1.165) is 5.56 Å². The number of benzene rings is 3. The van der Waals surface area contributed by atoms with Gasteiger partial charge in [-0.3, -0.25) is 0 Å². The Morgan fingerprint density at radius 3 is 1.96 bits per heavy atom. The van der Waals surface area contributed by atoms with Crippen molar-refractivity contribution in [2.45, 2.75) is 12.8 Å². The van der Waals surface area contributed by atoms with E-state index in [2.05, 4.69) is 36.4 Å². The molecule has 0 amide bonds. The van der Waals surface area contributed by atoms with Crippen molar-refractivity contribution < 1.29 is 9.53 Å². The molecule has 24 heavy (non-hydrogen) atoms.